The summed E-state index contributed by atoms with van der Waals surface area (Å²) >= 11 is 0. The third-order valence-electron chi connectivity index (χ3n) is 3.22. The van der Waals surface area contributed by atoms with Gasteiger partial charge in [0.05, 0.1) is 5.60 Å². The van der Waals surface area contributed by atoms with Gasteiger partial charge in [-0.25, -0.2) is 0 Å². The lowest BCUT2D eigenvalue weighted by Gasteiger charge is -2.38. The van der Waals surface area contributed by atoms with E-state index in [-0.39, 0.29) is 5.91 Å². The fourth-order valence-electron chi connectivity index (χ4n) is 2.11. The van der Waals surface area contributed by atoms with E-state index in [0.29, 0.717) is 18.8 Å². The SMILES string of the molecule is C[C@@H]1CCCCC1(O)CCC(N)=O. The smallest absolute Gasteiger partial charge is 0.217 e. The molecule has 1 amide bonds. The van der Waals surface area contributed by atoms with Crippen LogP contribution in [0.4, 0.5) is 0 Å². The van der Waals surface area contributed by atoms with Crippen molar-refractivity contribution < 1.29 is 9.90 Å². The molecule has 0 aromatic carbocycles. The quantitative estimate of drug-likeness (QED) is 0.693. The Kier molecular flexibility index (Phi) is 3.31. The van der Waals surface area contributed by atoms with Crippen LogP contribution in [0.15, 0.2) is 0 Å². The van der Waals surface area contributed by atoms with Crippen molar-refractivity contribution in [2.75, 3.05) is 0 Å². The summed E-state index contributed by atoms with van der Waals surface area (Å²) in [7, 11) is 0. The molecule has 0 aliphatic heterocycles. The molecule has 1 saturated carbocycles. The molecule has 1 fully saturated rings. The molecule has 0 aromatic heterocycles. The highest BCUT2D eigenvalue weighted by atomic mass is 16.3. The van der Waals surface area contributed by atoms with Crippen LogP contribution < -0.4 is 5.73 Å². The Balaban J connectivity index is 2.46. The monoisotopic (exact) mass is 185 g/mol. The van der Waals surface area contributed by atoms with Crippen molar-refractivity contribution in [2.45, 2.75) is 51.0 Å². The summed E-state index contributed by atoms with van der Waals surface area (Å²) in [6.07, 6.45) is 4.99. The van der Waals surface area contributed by atoms with Crippen LogP contribution in [0.3, 0.4) is 0 Å². The molecule has 0 heterocycles. The molecular weight excluding hydrogens is 166 g/mol. The first-order chi connectivity index (χ1) is 6.04. The summed E-state index contributed by atoms with van der Waals surface area (Å²) < 4.78 is 0. The van der Waals surface area contributed by atoms with E-state index in [0.717, 1.165) is 19.3 Å². The van der Waals surface area contributed by atoms with Gasteiger partial charge >= 0.3 is 0 Å². The summed E-state index contributed by atoms with van der Waals surface area (Å²) in [6, 6.07) is 0. The maximum atomic E-state index is 10.6. The van der Waals surface area contributed by atoms with Crippen LogP contribution in [0.1, 0.15) is 45.4 Å². The molecule has 3 heteroatoms. The number of carbonyl (C=O) groups excluding carboxylic acids is 1. The van der Waals surface area contributed by atoms with Crippen LogP contribution in [0.5, 0.6) is 0 Å². The second-order valence-electron chi connectivity index (χ2n) is 4.22. The zero-order chi connectivity index (χ0) is 9.90. The molecule has 1 rings (SSSR count). The highest BCUT2D eigenvalue weighted by Crippen LogP contribution is 2.36. The summed E-state index contributed by atoms with van der Waals surface area (Å²) in [5, 5.41) is 10.2. The Labute approximate surface area is 79.3 Å². The van der Waals surface area contributed by atoms with Crippen molar-refractivity contribution in [1.29, 1.82) is 0 Å². The molecule has 13 heavy (non-hydrogen) atoms. The zero-order valence-electron chi connectivity index (χ0n) is 8.25. The number of rotatable bonds is 3. The van der Waals surface area contributed by atoms with Crippen LogP contribution in [0.2, 0.25) is 0 Å². The molecule has 1 aliphatic carbocycles. The Bertz CT molecular complexity index is 193. The van der Waals surface area contributed by atoms with Crippen molar-refractivity contribution >= 4 is 5.91 Å². The van der Waals surface area contributed by atoms with Crippen LogP contribution in [-0.2, 0) is 4.79 Å². The van der Waals surface area contributed by atoms with E-state index in [2.05, 4.69) is 6.92 Å². The van der Waals surface area contributed by atoms with Gasteiger partial charge in [-0.05, 0) is 25.2 Å². The second kappa shape index (κ2) is 4.09. The first-order valence-corrected chi connectivity index (χ1v) is 5.05. The molecule has 1 unspecified atom stereocenters. The number of nitrogens with two attached hydrogens (primary N) is 1. The summed E-state index contributed by atoms with van der Waals surface area (Å²) in [6.45, 7) is 2.06. The van der Waals surface area contributed by atoms with Gasteiger partial charge in [-0.2, -0.15) is 0 Å². The van der Waals surface area contributed by atoms with E-state index in [9.17, 15) is 9.90 Å². The van der Waals surface area contributed by atoms with E-state index in [4.69, 9.17) is 5.73 Å². The van der Waals surface area contributed by atoms with Crippen molar-refractivity contribution in [2.24, 2.45) is 11.7 Å². The minimum absolute atomic E-state index is 0.306. The number of hydrogen-bond acceptors (Lipinski definition) is 2. The molecule has 3 N–H and O–H groups in total. The second-order valence-corrected chi connectivity index (χ2v) is 4.22. The Hall–Kier alpha value is -0.570. The average molecular weight is 185 g/mol. The number of hydrogen-bond donors (Lipinski definition) is 2. The molecule has 0 spiro atoms. The van der Waals surface area contributed by atoms with Gasteiger partial charge in [0.25, 0.3) is 0 Å². The Morgan fingerprint density at radius 1 is 1.62 bits per heavy atom. The van der Waals surface area contributed by atoms with Gasteiger partial charge in [0.1, 0.15) is 0 Å². The average Bonchev–Trinajstić information content (AvgIpc) is 2.07. The van der Waals surface area contributed by atoms with Gasteiger partial charge in [-0.1, -0.05) is 19.8 Å². The minimum atomic E-state index is -0.632. The largest absolute Gasteiger partial charge is 0.390 e. The molecule has 0 radical (unpaired) electrons. The lowest BCUT2D eigenvalue weighted by Crippen LogP contribution is -2.39. The zero-order valence-corrected chi connectivity index (χ0v) is 8.25. The lowest BCUT2D eigenvalue weighted by molar-refractivity contribution is -0.120. The Morgan fingerprint density at radius 3 is 2.85 bits per heavy atom. The van der Waals surface area contributed by atoms with Gasteiger partial charge in [0.2, 0.25) is 5.91 Å². The van der Waals surface area contributed by atoms with Crippen LogP contribution in [0, 0.1) is 5.92 Å². The lowest BCUT2D eigenvalue weighted by atomic mass is 9.74. The number of carbonyl (C=O) groups is 1. The molecule has 0 aromatic rings. The highest BCUT2D eigenvalue weighted by Gasteiger charge is 2.35. The first-order valence-electron chi connectivity index (χ1n) is 5.05. The van der Waals surface area contributed by atoms with Crippen LogP contribution in [-0.4, -0.2) is 16.6 Å². The molecule has 2 atom stereocenters. The predicted molar refractivity (Wildman–Crippen MR) is 51.0 cm³/mol. The molecule has 0 bridgehead atoms. The standard InChI is InChI=1S/C10H19NO2/c1-8-4-2-3-6-10(8,13)7-5-9(11)12/h8,13H,2-7H2,1H3,(H2,11,12)/t8-,10?/m1/s1. The van der Waals surface area contributed by atoms with Gasteiger partial charge in [0.15, 0.2) is 0 Å². The molecule has 1 aliphatic rings. The summed E-state index contributed by atoms with van der Waals surface area (Å²) in [5.74, 6) is -0.00759. The van der Waals surface area contributed by atoms with Crippen LogP contribution in [0.25, 0.3) is 0 Å². The molecule has 76 valence electrons. The first kappa shape index (κ1) is 10.5. The van der Waals surface area contributed by atoms with Crippen molar-refractivity contribution in [3.8, 4) is 0 Å². The van der Waals surface area contributed by atoms with Gasteiger partial charge < -0.3 is 10.8 Å². The molecule has 3 nitrogen and oxygen atoms in total. The van der Waals surface area contributed by atoms with Gasteiger partial charge in [0, 0.05) is 6.42 Å². The number of amides is 1. The molecule has 0 saturated heterocycles. The van der Waals surface area contributed by atoms with Crippen molar-refractivity contribution in [1.82, 2.24) is 0 Å². The minimum Gasteiger partial charge on any atom is -0.390 e. The summed E-state index contributed by atoms with van der Waals surface area (Å²) in [5.41, 5.74) is 4.43. The third kappa shape index (κ3) is 2.69. The topological polar surface area (TPSA) is 63.3 Å². The van der Waals surface area contributed by atoms with Gasteiger partial charge in [-0.3, -0.25) is 4.79 Å². The number of primary amides is 1. The van der Waals surface area contributed by atoms with E-state index < -0.39 is 5.60 Å². The molecular formula is C10H19NO2. The highest BCUT2D eigenvalue weighted by molar-refractivity contribution is 5.73. The van der Waals surface area contributed by atoms with Crippen molar-refractivity contribution in [3.63, 3.8) is 0 Å². The fourth-order valence-corrected chi connectivity index (χ4v) is 2.11. The predicted octanol–water partition coefficient (Wildman–Crippen LogP) is 1.19. The summed E-state index contributed by atoms with van der Waals surface area (Å²) in [4.78, 5) is 10.6. The fraction of sp³-hybridized carbons (Fsp3) is 0.900. The maximum Gasteiger partial charge on any atom is 0.217 e. The van der Waals surface area contributed by atoms with E-state index in [1.807, 2.05) is 0 Å². The maximum absolute atomic E-state index is 10.6. The van der Waals surface area contributed by atoms with E-state index in [1.165, 1.54) is 6.42 Å². The number of aliphatic hydroxyl groups is 1. The van der Waals surface area contributed by atoms with E-state index >= 15 is 0 Å². The van der Waals surface area contributed by atoms with E-state index in [1.54, 1.807) is 0 Å². The van der Waals surface area contributed by atoms with Crippen LogP contribution >= 0.6 is 0 Å². The Morgan fingerprint density at radius 2 is 2.31 bits per heavy atom. The normalized spacial score (nSPS) is 34.5. The van der Waals surface area contributed by atoms with Gasteiger partial charge in [-0.15, -0.1) is 0 Å². The third-order valence-corrected chi connectivity index (χ3v) is 3.22. The van der Waals surface area contributed by atoms with Crippen molar-refractivity contribution in [3.05, 3.63) is 0 Å².